The van der Waals surface area contributed by atoms with E-state index in [1.165, 1.54) is 18.2 Å². The molecule has 1 N–H and O–H groups in total. The van der Waals surface area contributed by atoms with Crippen molar-refractivity contribution in [1.82, 2.24) is 0 Å². The molecule has 2 nitrogen and oxygen atoms in total. The van der Waals surface area contributed by atoms with E-state index in [4.69, 9.17) is 16.3 Å². The fraction of sp³-hybridized carbons (Fsp3) is 0.200. The van der Waals surface area contributed by atoms with E-state index in [1.807, 2.05) is 0 Å². The molecule has 0 unspecified atom stereocenters. The molecule has 1 atom stereocenters. The van der Waals surface area contributed by atoms with E-state index in [0.717, 1.165) is 0 Å². The van der Waals surface area contributed by atoms with Gasteiger partial charge in [-0.1, -0.05) is 17.7 Å². The van der Waals surface area contributed by atoms with Crippen molar-refractivity contribution in [2.24, 2.45) is 0 Å². The van der Waals surface area contributed by atoms with Gasteiger partial charge in [0.2, 0.25) is 0 Å². The Labute approximate surface area is 120 Å². The van der Waals surface area contributed by atoms with Gasteiger partial charge in [0.1, 0.15) is 24.0 Å². The van der Waals surface area contributed by atoms with Crippen molar-refractivity contribution in [2.45, 2.75) is 19.6 Å². The summed E-state index contributed by atoms with van der Waals surface area (Å²) < 4.78 is 32.4. The summed E-state index contributed by atoms with van der Waals surface area (Å²) in [4.78, 5) is 0. The summed E-state index contributed by atoms with van der Waals surface area (Å²) in [6, 6.07) is 8.32. The SMILES string of the molecule is C[C@@H](O)c1cc(Cl)ccc1OCc1c(F)cccc1F. The third kappa shape index (κ3) is 3.26. The van der Waals surface area contributed by atoms with E-state index in [-0.39, 0.29) is 12.2 Å². The Balaban J connectivity index is 2.23. The lowest BCUT2D eigenvalue weighted by Gasteiger charge is -2.14. The van der Waals surface area contributed by atoms with Crippen LogP contribution in [0, 0.1) is 11.6 Å². The van der Waals surface area contributed by atoms with Crippen molar-refractivity contribution < 1.29 is 18.6 Å². The van der Waals surface area contributed by atoms with Gasteiger partial charge in [0.25, 0.3) is 0 Å². The molecule has 0 bridgehead atoms. The lowest BCUT2D eigenvalue weighted by molar-refractivity contribution is 0.189. The molecule has 0 aliphatic heterocycles. The molecule has 0 saturated carbocycles. The normalized spacial score (nSPS) is 12.2. The summed E-state index contributed by atoms with van der Waals surface area (Å²) in [7, 11) is 0. The minimum atomic E-state index is -0.797. The molecule has 2 aromatic rings. The van der Waals surface area contributed by atoms with Crippen LogP contribution >= 0.6 is 11.6 Å². The number of rotatable bonds is 4. The van der Waals surface area contributed by atoms with E-state index in [2.05, 4.69) is 0 Å². The highest BCUT2D eigenvalue weighted by Gasteiger charge is 2.13. The predicted octanol–water partition coefficient (Wildman–Crippen LogP) is 4.25. The fourth-order valence-corrected chi connectivity index (χ4v) is 1.98. The number of hydrogen-bond acceptors (Lipinski definition) is 2. The summed E-state index contributed by atoms with van der Waals surface area (Å²) in [6.45, 7) is 1.29. The van der Waals surface area contributed by atoms with Crippen LogP contribution in [0.5, 0.6) is 5.75 Å². The minimum Gasteiger partial charge on any atom is -0.488 e. The molecule has 2 aromatic carbocycles. The van der Waals surface area contributed by atoms with Gasteiger partial charge < -0.3 is 9.84 Å². The largest absolute Gasteiger partial charge is 0.488 e. The van der Waals surface area contributed by atoms with Gasteiger partial charge in [-0.05, 0) is 37.3 Å². The highest BCUT2D eigenvalue weighted by Crippen LogP contribution is 2.29. The van der Waals surface area contributed by atoms with Crippen molar-refractivity contribution in [3.8, 4) is 5.75 Å². The molecule has 5 heteroatoms. The molecule has 0 aliphatic carbocycles. The Bertz CT molecular complexity index is 595. The summed E-state index contributed by atoms with van der Waals surface area (Å²) in [5.74, 6) is -0.998. The number of aliphatic hydroxyl groups is 1. The van der Waals surface area contributed by atoms with Gasteiger partial charge in [-0.25, -0.2) is 8.78 Å². The third-order valence-corrected chi connectivity index (χ3v) is 3.09. The molecule has 0 heterocycles. The molecule has 2 rings (SSSR count). The zero-order chi connectivity index (χ0) is 14.7. The number of hydrogen-bond donors (Lipinski definition) is 1. The molecule has 0 amide bonds. The molecule has 0 fully saturated rings. The van der Waals surface area contributed by atoms with Crippen LogP contribution < -0.4 is 4.74 Å². The van der Waals surface area contributed by atoms with Gasteiger partial charge in [-0.2, -0.15) is 0 Å². The zero-order valence-electron chi connectivity index (χ0n) is 10.7. The predicted molar refractivity (Wildman–Crippen MR) is 72.8 cm³/mol. The maximum Gasteiger partial charge on any atom is 0.132 e. The van der Waals surface area contributed by atoms with E-state index in [1.54, 1.807) is 25.1 Å². The number of aliphatic hydroxyl groups excluding tert-OH is 1. The van der Waals surface area contributed by atoms with Crippen molar-refractivity contribution in [2.75, 3.05) is 0 Å². The molecular formula is C15H13ClF2O2. The topological polar surface area (TPSA) is 29.5 Å². The van der Waals surface area contributed by atoms with Crippen molar-refractivity contribution in [3.05, 3.63) is 64.2 Å². The first-order valence-electron chi connectivity index (χ1n) is 6.02. The lowest BCUT2D eigenvalue weighted by atomic mass is 10.1. The first-order valence-corrected chi connectivity index (χ1v) is 6.40. The molecule has 0 radical (unpaired) electrons. The van der Waals surface area contributed by atoms with Gasteiger partial charge in [-0.15, -0.1) is 0 Å². The van der Waals surface area contributed by atoms with Gasteiger partial charge >= 0.3 is 0 Å². The summed E-state index contributed by atoms with van der Waals surface area (Å²) in [6.07, 6.45) is -0.797. The Morgan fingerprint density at radius 1 is 1.20 bits per heavy atom. The highest BCUT2D eigenvalue weighted by molar-refractivity contribution is 6.30. The summed E-state index contributed by atoms with van der Waals surface area (Å²) in [5, 5.41) is 10.1. The van der Waals surface area contributed by atoms with E-state index in [0.29, 0.717) is 16.3 Å². The van der Waals surface area contributed by atoms with Gasteiger partial charge in [-0.3, -0.25) is 0 Å². The second-order valence-electron chi connectivity index (χ2n) is 4.35. The molecule has 0 saturated heterocycles. The average Bonchev–Trinajstić information content (AvgIpc) is 2.39. The molecule has 20 heavy (non-hydrogen) atoms. The molecule has 0 aliphatic rings. The van der Waals surface area contributed by atoms with Gasteiger partial charge in [0, 0.05) is 10.6 Å². The van der Waals surface area contributed by atoms with Crippen molar-refractivity contribution in [1.29, 1.82) is 0 Å². The van der Waals surface area contributed by atoms with E-state index < -0.39 is 17.7 Å². The smallest absolute Gasteiger partial charge is 0.132 e. The summed E-state index contributed by atoms with van der Waals surface area (Å²) in [5.41, 5.74) is 0.313. The summed E-state index contributed by atoms with van der Waals surface area (Å²) >= 11 is 5.84. The number of benzene rings is 2. The first-order chi connectivity index (χ1) is 9.49. The van der Waals surface area contributed by atoms with Crippen LogP contribution in [0.1, 0.15) is 24.2 Å². The average molecular weight is 299 g/mol. The van der Waals surface area contributed by atoms with Crippen LogP contribution in [0.2, 0.25) is 5.02 Å². The van der Waals surface area contributed by atoms with Crippen LogP contribution in [-0.2, 0) is 6.61 Å². The Morgan fingerprint density at radius 2 is 1.85 bits per heavy atom. The molecule has 0 spiro atoms. The van der Waals surface area contributed by atoms with Crippen LogP contribution in [0.4, 0.5) is 8.78 Å². The van der Waals surface area contributed by atoms with Crippen LogP contribution in [0.25, 0.3) is 0 Å². The van der Waals surface area contributed by atoms with Gasteiger partial charge in [0.15, 0.2) is 0 Å². The first kappa shape index (κ1) is 14.8. The van der Waals surface area contributed by atoms with Crippen LogP contribution in [0.15, 0.2) is 36.4 Å². The maximum atomic E-state index is 13.5. The number of halogens is 3. The van der Waals surface area contributed by atoms with Gasteiger partial charge in [0.05, 0.1) is 11.7 Å². The minimum absolute atomic E-state index is 0.154. The second kappa shape index (κ2) is 6.20. The fourth-order valence-electron chi connectivity index (χ4n) is 1.80. The third-order valence-electron chi connectivity index (χ3n) is 2.86. The highest BCUT2D eigenvalue weighted by atomic mass is 35.5. The number of ether oxygens (including phenoxy) is 1. The Morgan fingerprint density at radius 3 is 2.45 bits per heavy atom. The Hall–Kier alpha value is -1.65. The molecule has 0 aromatic heterocycles. The standard InChI is InChI=1S/C15H13ClF2O2/c1-9(19)11-7-10(16)5-6-15(11)20-8-12-13(17)3-2-4-14(12)18/h2-7,9,19H,8H2,1H3/t9-/m1/s1. The quantitative estimate of drug-likeness (QED) is 0.914. The van der Waals surface area contributed by atoms with Crippen LogP contribution in [0.3, 0.4) is 0 Å². The van der Waals surface area contributed by atoms with E-state index >= 15 is 0 Å². The van der Waals surface area contributed by atoms with Crippen molar-refractivity contribution in [3.63, 3.8) is 0 Å². The van der Waals surface area contributed by atoms with E-state index in [9.17, 15) is 13.9 Å². The zero-order valence-corrected chi connectivity index (χ0v) is 11.5. The van der Waals surface area contributed by atoms with Crippen molar-refractivity contribution >= 4 is 11.6 Å². The monoisotopic (exact) mass is 298 g/mol. The molecule has 106 valence electrons. The molecular weight excluding hydrogens is 286 g/mol. The maximum absolute atomic E-state index is 13.5. The second-order valence-corrected chi connectivity index (χ2v) is 4.78. The van der Waals surface area contributed by atoms with Crippen LogP contribution in [-0.4, -0.2) is 5.11 Å². The lowest BCUT2D eigenvalue weighted by Crippen LogP contribution is -2.04. The Kier molecular flexibility index (Phi) is 4.57.